The molecule has 2 rings (SSSR count). The van der Waals surface area contributed by atoms with Crippen molar-refractivity contribution in [1.29, 1.82) is 0 Å². The van der Waals surface area contributed by atoms with Gasteiger partial charge in [-0.15, -0.1) is 0 Å². The Morgan fingerprint density at radius 3 is 2.95 bits per heavy atom. The summed E-state index contributed by atoms with van der Waals surface area (Å²) in [4.78, 5) is 0. The first kappa shape index (κ1) is 14.5. The second kappa shape index (κ2) is 6.51. The van der Waals surface area contributed by atoms with Crippen molar-refractivity contribution >= 4 is 0 Å². The lowest BCUT2D eigenvalue weighted by atomic mass is 9.98. The molecule has 19 heavy (non-hydrogen) atoms. The van der Waals surface area contributed by atoms with Gasteiger partial charge in [-0.2, -0.15) is 0 Å². The quantitative estimate of drug-likeness (QED) is 0.856. The van der Waals surface area contributed by atoms with E-state index in [9.17, 15) is 0 Å². The van der Waals surface area contributed by atoms with Crippen LogP contribution in [0.2, 0.25) is 0 Å². The van der Waals surface area contributed by atoms with E-state index in [-0.39, 0.29) is 5.60 Å². The summed E-state index contributed by atoms with van der Waals surface area (Å²) < 4.78 is 5.76. The van der Waals surface area contributed by atoms with E-state index < -0.39 is 0 Å². The smallest absolute Gasteiger partial charge is 0.0750 e. The Kier molecular flexibility index (Phi) is 4.97. The van der Waals surface area contributed by atoms with Crippen molar-refractivity contribution < 1.29 is 4.74 Å². The molecule has 1 aliphatic heterocycles. The van der Waals surface area contributed by atoms with Crippen LogP contribution in [0.4, 0.5) is 0 Å². The van der Waals surface area contributed by atoms with Gasteiger partial charge in [0.1, 0.15) is 0 Å². The number of hydrogen-bond donors (Lipinski definition) is 2. The predicted octanol–water partition coefficient (Wildman–Crippen LogP) is 2.63. The van der Waals surface area contributed by atoms with Gasteiger partial charge in [0.25, 0.3) is 0 Å². The lowest BCUT2D eigenvalue weighted by molar-refractivity contribution is -0.0107. The Hall–Kier alpha value is -0.900. The Morgan fingerprint density at radius 2 is 2.16 bits per heavy atom. The van der Waals surface area contributed by atoms with Gasteiger partial charge in [-0.25, -0.2) is 0 Å². The highest BCUT2D eigenvalue weighted by Crippen LogP contribution is 2.24. The largest absolute Gasteiger partial charge is 0.375 e. The third-order valence-corrected chi connectivity index (χ3v) is 3.67. The Labute approximate surface area is 116 Å². The molecule has 0 amide bonds. The van der Waals surface area contributed by atoms with Crippen molar-refractivity contribution in [3.8, 4) is 0 Å². The van der Waals surface area contributed by atoms with Gasteiger partial charge in [0, 0.05) is 25.7 Å². The van der Waals surface area contributed by atoms with Crippen molar-refractivity contribution in [2.75, 3.05) is 19.7 Å². The fraction of sp³-hybridized carbons (Fsp3) is 0.625. The maximum absolute atomic E-state index is 5.76. The summed E-state index contributed by atoms with van der Waals surface area (Å²) in [5.41, 5.74) is 2.73. The summed E-state index contributed by atoms with van der Waals surface area (Å²) >= 11 is 0. The third kappa shape index (κ3) is 4.03. The van der Waals surface area contributed by atoms with Gasteiger partial charge in [-0.1, -0.05) is 24.3 Å². The van der Waals surface area contributed by atoms with Crippen LogP contribution >= 0.6 is 0 Å². The molecule has 1 unspecified atom stereocenters. The summed E-state index contributed by atoms with van der Waals surface area (Å²) in [6, 6.07) is 9.13. The number of ether oxygens (including phenoxy) is 1. The highest BCUT2D eigenvalue weighted by Gasteiger charge is 2.22. The average molecular weight is 262 g/mol. The first-order valence-electron chi connectivity index (χ1n) is 7.28. The SMILES string of the molecule is CCOC(C)(C)CNC1CCNCc2ccccc21. The molecule has 1 atom stereocenters. The van der Waals surface area contributed by atoms with E-state index >= 15 is 0 Å². The first-order valence-corrected chi connectivity index (χ1v) is 7.28. The van der Waals surface area contributed by atoms with E-state index in [0.717, 1.165) is 32.7 Å². The molecule has 0 aromatic heterocycles. The lowest BCUT2D eigenvalue weighted by Gasteiger charge is -2.28. The van der Waals surface area contributed by atoms with Crippen LogP contribution in [-0.2, 0) is 11.3 Å². The van der Waals surface area contributed by atoms with Crippen LogP contribution in [-0.4, -0.2) is 25.3 Å². The van der Waals surface area contributed by atoms with Gasteiger partial charge in [0.05, 0.1) is 5.60 Å². The highest BCUT2D eigenvalue weighted by atomic mass is 16.5. The normalized spacial score (nSPS) is 19.8. The molecule has 2 N–H and O–H groups in total. The van der Waals surface area contributed by atoms with Gasteiger partial charge in [-0.3, -0.25) is 0 Å². The molecule has 3 heteroatoms. The van der Waals surface area contributed by atoms with Gasteiger partial charge in [0.2, 0.25) is 0 Å². The van der Waals surface area contributed by atoms with Crippen molar-refractivity contribution in [2.24, 2.45) is 0 Å². The van der Waals surface area contributed by atoms with E-state index in [1.165, 1.54) is 11.1 Å². The molecule has 3 nitrogen and oxygen atoms in total. The molecule has 0 bridgehead atoms. The summed E-state index contributed by atoms with van der Waals surface area (Å²) in [7, 11) is 0. The van der Waals surface area contributed by atoms with Crippen LogP contribution in [0.5, 0.6) is 0 Å². The standard InChI is InChI=1S/C16H26N2O/c1-4-19-16(2,3)12-18-15-9-10-17-11-13-7-5-6-8-14(13)15/h5-8,15,17-18H,4,9-12H2,1-3H3. The number of hydrogen-bond acceptors (Lipinski definition) is 3. The topological polar surface area (TPSA) is 33.3 Å². The van der Waals surface area contributed by atoms with Crippen LogP contribution in [0.3, 0.4) is 0 Å². The minimum absolute atomic E-state index is 0.108. The minimum atomic E-state index is -0.108. The Morgan fingerprint density at radius 1 is 1.37 bits per heavy atom. The fourth-order valence-corrected chi connectivity index (χ4v) is 2.68. The molecule has 0 aliphatic carbocycles. The van der Waals surface area contributed by atoms with Crippen LogP contribution in [0, 0.1) is 0 Å². The predicted molar refractivity (Wildman–Crippen MR) is 79.2 cm³/mol. The first-order chi connectivity index (χ1) is 9.12. The molecule has 1 aromatic carbocycles. The van der Waals surface area contributed by atoms with Gasteiger partial charge in [-0.05, 0) is 44.9 Å². The summed E-state index contributed by atoms with van der Waals surface area (Å²) in [6.45, 7) is 10.0. The fourth-order valence-electron chi connectivity index (χ4n) is 2.68. The molecular weight excluding hydrogens is 236 g/mol. The van der Waals surface area contributed by atoms with Crippen molar-refractivity contribution in [2.45, 2.75) is 45.4 Å². The second-order valence-corrected chi connectivity index (χ2v) is 5.79. The molecular formula is C16H26N2O. The summed E-state index contributed by atoms with van der Waals surface area (Å²) in [6.07, 6.45) is 1.12. The zero-order chi connectivity index (χ0) is 13.7. The number of rotatable bonds is 5. The zero-order valence-corrected chi connectivity index (χ0v) is 12.3. The van der Waals surface area contributed by atoms with Crippen LogP contribution in [0.15, 0.2) is 24.3 Å². The van der Waals surface area contributed by atoms with Crippen molar-refractivity contribution in [1.82, 2.24) is 10.6 Å². The molecule has 1 heterocycles. The summed E-state index contributed by atoms with van der Waals surface area (Å²) in [5, 5.41) is 7.16. The van der Waals surface area contributed by atoms with Crippen LogP contribution in [0.1, 0.15) is 44.4 Å². The van der Waals surface area contributed by atoms with Crippen molar-refractivity contribution in [3.05, 3.63) is 35.4 Å². The molecule has 106 valence electrons. The zero-order valence-electron chi connectivity index (χ0n) is 12.3. The molecule has 0 saturated heterocycles. The lowest BCUT2D eigenvalue weighted by Crippen LogP contribution is -2.39. The second-order valence-electron chi connectivity index (χ2n) is 5.79. The Balaban J connectivity index is 2.04. The minimum Gasteiger partial charge on any atom is -0.375 e. The molecule has 0 radical (unpaired) electrons. The average Bonchev–Trinajstić information content (AvgIpc) is 2.58. The van der Waals surface area contributed by atoms with Crippen molar-refractivity contribution in [3.63, 3.8) is 0 Å². The molecule has 0 fully saturated rings. The molecule has 0 spiro atoms. The monoisotopic (exact) mass is 262 g/mol. The Bertz CT molecular complexity index is 403. The number of benzene rings is 1. The highest BCUT2D eigenvalue weighted by molar-refractivity contribution is 5.31. The van der Waals surface area contributed by atoms with E-state index in [1.807, 2.05) is 6.92 Å². The van der Waals surface area contributed by atoms with E-state index in [4.69, 9.17) is 4.74 Å². The summed E-state index contributed by atoms with van der Waals surface area (Å²) in [5.74, 6) is 0. The van der Waals surface area contributed by atoms with E-state index in [1.54, 1.807) is 0 Å². The third-order valence-electron chi connectivity index (χ3n) is 3.67. The number of fused-ring (bicyclic) bond motifs is 1. The molecule has 1 aliphatic rings. The molecule has 1 aromatic rings. The molecule has 0 saturated carbocycles. The van der Waals surface area contributed by atoms with Crippen LogP contribution in [0.25, 0.3) is 0 Å². The van der Waals surface area contributed by atoms with Gasteiger partial charge < -0.3 is 15.4 Å². The van der Waals surface area contributed by atoms with E-state index in [2.05, 4.69) is 48.7 Å². The maximum Gasteiger partial charge on any atom is 0.0750 e. The maximum atomic E-state index is 5.76. The van der Waals surface area contributed by atoms with E-state index in [0.29, 0.717) is 6.04 Å². The van der Waals surface area contributed by atoms with Gasteiger partial charge >= 0.3 is 0 Å². The van der Waals surface area contributed by atoms with Crippen LogP contribution < -0.4 is 10.6 Å². The number of nitrogens with one attached hydrogen (secondary N) is 2. The van der Waals surface area contributed by atoms with Gasteiger partial charge in [0.15, 0.2) is 0 Å².